The molecule has 0 spiro atoms. The highest BCUT2D eigenvalue weighted by atomic mass is 16.2. The summed E-state index contributed by atoms with van der Waals surface area (Å²) < 4.78 is 1.39. The molecule has 0 atom stereocenters. The summed E-state index contributed by atoms with van der Waals surface area (Å²) >= 11 is 0. The first-order valence-electron chi connectivity index (χ1n) is 8.62. The third-order valence-electron chi connectivity index (χ3n) is 3.76. The SMILES string of the molecule is CC(C)CN(CCC(=O)N(C)C)c1c(N)n(CC(C)C)c(=O)[nH]c1=O. The fraction of sp³-hybridized carbons (Fsp3) is 0.706. The summed E-state index contributed by atoms with van der Waals surface area (Å²) in [6.45, 7) is 9.33. The first kappa shape index (κ1) is 20.8. The lowest BCUT2D eigenvalue weighted by Gasteiger charge is -2.28. The number of nitrogens with one attached hydrogen (secondary N) is 1. The number of amides is 1. The highest BCUT2D eigenvalue weighted by Crippen LogP contribution is 2.19. The van der Waals surface area contributed by atoms with E-state index in [0.29, 0.717) is 19.6 Å². The van der Waals surface area contributed by atoms with Gasteiger partial charge in [-0.25, -0.2) is 4.79 Å². The maximum atomic E-state index is 12.4. The maximum Gasteiger partial charge on any atom is 0.330 e. The molecule has 0 aliphatic carbocycles. The van der Waals surface area contributed by atoms with E-state index in [1.807, 2.05) is 27.7 Å². The Hall–Kier alpha value is -2.25. The van der Waals surface area contributed by atoms with Crippen molar-refractivity contribution in [1.82, 2.24) is 14.5 Å². The lowest BCUT2D eigenvalue weighted by molar-refractivity contribution is -0.128. The smallest absolute Gasteiger partial charge is 0.330 e. The van der Waals surface area contributed by atoms with E-state index in [1.165, 1.54) is 9.47 Å². The van der Waals surface area contributed by atoms with Crippen LogP contribution in [-0.4, -0.2) is 47.5 Å². The number of hydrogen-bond donors (Lipinski definition) is 2. The zero-order chi connectivity index (χ0) is 19.3. The highest BCUT2D eigenvalue weighted by molar-refractivity contribution is 5.76. The van der Waals surface area contributed by atoms with Crippen molar-refractivity contribution in [3.05, 3.63) is 20.8 Å². The lowest BCUT2D eigenvalue weighted by Crippen LogP contribution is -2.41. The zero-order valence-corrected chi connectivity index (χ0v) is 16.1. The van der Waals surface area contributed by atoms with E-state index < -0.39 is 11.2 Å². The van der Waals surface area contributed by atoms with Crippen molar-refractivity contribution in [2.75, 3.05) is 37.8 Å². The summed E-state index contributed by atoms with van der Waals surface area (Å²) in [6.07, 6.45) is 0.266. The Morgan fingerprint density at radius 3 is 2.24 bits per heavy atom. The second kappa shape index (κ2) is 8.73. The predicted molar refractivity (Wildman–Crippen MR) is 101 cm³/mol. The summed E-state index contributed by atoms with van der Waals surface area (Å²) in [5, 5.41) is 0. The Balaban J connectivity index is 3.31. The first-order chi connectivity index (χ1) is 11.5. The molecule has 1 rings (SSSR count). The van der Waals surface area contributed by atoms with Crippen LogP contribution in [0.2, 0.25) is 0 Å². The molecule has 0 aromatic carbocycles. The fourth-order valence-electron chi connectivity index (χ4n) is 2.62. The van der Waals surface area contributed by atoms with E-state index in [9.17, 15) is 14.4 Å². The average Bonchev–Trinajstić information content (AvgIpc) is 2.47. The molecule has 3 N–H and O–H groups in total. The molecule has 0 aliphatic heterocycles. The number of nitrogen functional groups attached to an aromatic ring is 1. The largest absolute Gasteiger partial charge is 0.383 e. The predicted octanol–water partition coefficient (Wildman–Crippen LogP) is 0.716. The molecule has 1 aromatic heterocycles. The van der Waals surface area contributed by atoms with Crippen molar-refractivity contribution >= 4 is 17.4 Å². The highest BCUT2D eigenvalue weighted by Gasteiger charge is 2.21. The number of aromatic nitrogens is 2. The molecule has 8 heteroatoms. The van der Waals surface area contributed by atoms with Gasteiger partial charge in [-0.2, -0.15) is 0 Å². The Morgan fingerprint density at radius 2 is 1.76 bits per heavy atom. The van der Waals surface area contributed by atoms with E-state index in [1.54, 1.807) is 19.0 Å². The van der Waals surface area contributed by atoms with E-state index in [0.717, 1.165) is 0 Å². The number of hydrogen-bond acceptors (Lipinski definition) is 5. The topological polar surface area (TPSA) is 104 Å². The normalized spacial score (nSPS) is 11.2. The Morgan fingerprint density at radius 1 is 1.16 bits per heavy atom. The fourth-order valence-corrected chi connectivity index (χ4v) is 2.62. The molecule has 0 unspecified atom stereocenters. The quantitative estimate of drug-likeness (QED) is 0.716. The summed E-state index contributed by atoms with van der Waals surface area (Å²) in [4.78, 5) is 42.1. The zero-order valence-electron chi connectivity index (χ0n) is 16.1. The van der Waals surface area contributed by atoms with Crippen LogP contribution in [-0.2, 0) is 11.3 Å². The molecule has 1 aromatic rings. The van der Waals surface area contributed by atoms with Gasteiger partial charge in [0.15, 0.2) is 0 Å². The number of nitrogens with zero attached hydrogens (tertiary/aromatic N) is 3. The number of anilines is 2. The van der Waals surface area contributed by atoms with Crippen LogP contribution in [0.4, 0.5) is 11.5 Å². The van der Waals surface area contributed by atoms with Crippen molar-refractivity contribution in [2.24, 2.45) is 11.8 Å². The molecule has 0 fully saturated rings. The molecular formula is C17H31N5O3. The van der Waals surface area contributed by atoms with Crippen LogP contribution >= 0.6 is 0 Å². The van der Waals surface area contributed by atoms with E-state index in [2.05, 4.69) is 4.98 Å². The minimum Gasteiger partial charge on any atom is -0.383 e. The van der Waals surface area contributed by atoms with Crippen LogP contribution in [0, 0.1) is 11.8 Å². The van der Waals surface area contributed by atoms with Crippen LogP contribution in [0.25, 0.3) is 0 Å². The van der Waals surface area contributed by atoms with Crippen molar-refractivity contribution in [1.29, 1.82) is 0 Å². The van der Waals surface area contributed by atoms with Crippen molar-refractivity contribution in [2.45, 2.75) is 40.7 Å². The van der Waals surface area contributed by atoms with Gasteiger partial charge in [-0.05, 0) is 11.8 Å². The number of nitrogens with two attached hydrogens (primary N) is 1. The van der Waals surface area contributed by atoms with Crippen molar-refractivity contribution in [3.8, 4) is 0 Å². The molecule has 142 valence electrons. The van der Waals surface area contributed by atoms with Crippen LogP contribution in [0.15, 0.2) is 9.59 Å². The molecule has 1 heterocycles. The van der Waals surface area contributed by atoms with Crippen molar-refractivity contribution in [3.63, 3.8) is 0 Å². The van der Waals surface area contributed by atoms with Gasteiger partial charge in [0, 0.05) is 40.2 Å². The number of rotatable bonds is 8. The molecule has 0 bridgehead atoms. The average molecular weight is 353 g/mol. The molecule has 25 heavy (non-hydrogen) atoms. The molecule has 0 saturated heterocycles. The van der Waals surface area contributed by atoms with Crippen LogP contribution < -0.4 is 21.9 Å². The van der Waals surface area contributed by atoms with E-state index in [4.69, 9.17) is 5.73 Å². The molecule has 0 radical (unpaired) electrons. The van der Waals surface area contributed by atoms with Gasteiger partial charge >= 0.3 is 5.69 Å². The number of carbonyl (C=O) groups is 1. The van der Waals surface area contributed by atoms with Gasteiger partial charge in [0.2, 0.25) is 5.91 Å². The summed E-state index contributed by atoms with van der Waals surface area (Å²) in [6, 6.07) is 0. The second-order valence-corrected chi connectivity index (χ2v) is 7.38. The minimum absolute atomic E-state index is 0.0285. The number of aromatic amines is 1. The standard InChI is InChI=1S/C17H31N5O3/c1-11(2)9-21(8-7-13(23)20(5)6)14-15(18)22(10-12(3)4)17(25)19-16(14)24/h11-12H,7-10,18H2,1-6H3,(H,19,24,25). The van der Waals surface area contributed by atoms with Gasteiger partial charge in [0.1, 0.15) is 11.5 Å². The molecule has 1 amide bonds. The van der Waals surface area contributed by atoms with E-state index in [-0.39, 0.29) is 35.7 Å². The third kappa shape index (κ3) is 5.65. The van der Waals surface area contributed by atoms with E-state index >= 15 is 0 Å². The van der Waals surface area contributed by atoms with Gasteiger partial charge in [0.25, 0.3) is 5.56 Å². The maximum absolute atomic E-state index is 12.4. The van der Waals surface area contributed by atoms with Gasteiger partial charge in [-0.3, -0.25) is 19.1 Å². The summed E-state index contributed by atoms with van der Waals surface area (Å²) in [5.74, 6) is 0.589. The van der Waals surface area contributed by atoms with Gasteiger partial charge in [-0.15, -0.1) is 0 Å². The first-order valence-corrected chi connectivity index (χ1v) is 8.62. The minimum atomic E-state index is -0.513. The number of H-pyrrole nitrogens is 1. The lowest BCUT2D eigenvalue weighted by atomic mass is 10.2. The monoisotopic (exact) mass is 353 g/mol. The molecule has 0 saturated carbocycles. The van der Waals surface area contributed by atoms with Crippen LogP contribution in [0.5, 0.6) is 0 Å². The Labute approximate surface area is 148 Å². The van der Waals surface area contributed by atoms with Crippen LogP contribution in [0.3, 0.4) is 0 Å². The summed E-state index contributed by atoms with van der Waals surface area (Å²) in [7, 11) is 3.39. The molecular weight excluding hydrogens is 322 g/mol. The van der Waals surface area contributed by atoms with Gasteiger partial charge in [0.05, 0.1) is 0 Å². The molecule has 0 aliphatic rings. The van der Waals surface area contributed by atoms with Gasteiger partial charge in [-0.1, -0.05) is 27.7 Å². The summed E-state index contributed by atoms with van der Waals surface area (Å²) in [5.41, 5.74) is 5.43. The Kier molecular flexibility index (Phi) is 7.26. The molecule has 8 nitrogen and oxygen atoms in total. The second-order valence-electron chi connectivity index (χ2n) is 7.38. The Bertz CT molecular complexity index is 703. The van der Waals surface area contributed by atoms with Crippen LogP contribution in [0.1, 0.15) is 34.1 Å². The van der Waals surface area contributed by atoms with Crippen molar-refractivity contribution < 1.29 is 4.79 Å². The van der Waals surface area contributed by atoms with Gasteiger partial charge < -0.3 is 15.5 Å². The number of carbonyl (C=O) groups excluding carboxylic acids is 1. The third-order valence-corrected chi connectivity index (χ3v) is 3.76.